The average Bonchev–Trinajstić information content (AvgIpc) is 2.43. The van der Waals surface area contributed by atoms with E-state index in [0.717, 1.165) is 36.5 Å². The molecule has 104 valence electrons. The van der Waals surface area contributed by atoms with E-state index in [1.165, 1.54) is 0 Å². The summed E-state index contributed by atoms with van der Waals surface area (Å²) < 4.78 is 5.33. The van der Waals surface area contributed by atoms with Gasteiger partial charge in [-0.15, -0.1) is 0 Å². The van der Waals surface area contributed by atoms with Crippen LogP contribution in [-0.2, 0) is 17.9 Å². The summed E-state index contributed by atoms with van der Waals surface area (Å²) in [6.07, 6.45) is 0. The largest absolute Gasteiger partial charge is 0.496 e. The lowest BCUT2D eigenvalue weighted by molar-refractivity contribution is -0.134. The molecule has 1 amide bonds. The Morgan fingerprint density at radius 2 is 2.16 bits per heavy atom. The van der Waals surface area contributed by atoms with Gasteiger partial charge in [0.2, 0.25) is 5.91 Å². The van der Waals surface area contributed by atoms with Crippen molar-refractivity contribution in [3.8, 4) is 5.75 Å². The van der Waals surface area contributed by atoms with Gasteiger partial charge >= 0.3 is 0 Å². The molecule has 1 heterocycles. The van der Waals surface area contributed by atoms with Crippen molar-refractivity contribution in [3.63, 3.8) is 0 Å². The van der Waals surface area contributed by atoms with Crippen LogP contribution in [0.25, 0.3) is 0 Å². The SMILES string of the molecule is COc1cc(CN2CCN(C)C(=O)C2)ccc1CN. The zero-order valence-electron chi connectivity index (χ0n) is 11.6. The number of ether oxygens (including phenoxy) is 1. The Bertz CT molecular complexity index is 462. The van der Waals surface area contributed by atoms with Gasteiger partial charge in [0, 0.05) is 38.8 Å². The topological polar surface area (TPSA) is 58.8 Å². The maximum absolute atomic E-state index is 11.7. The van der Waals surface area contributed by atoms with Crippen LogP contribution in [0, 0.1) is 0 Å². The number of carbonyl (C=O) groups excluding carboxylic acids is 1. The van der Waals surface area contributed by atoms with Crippen molar-refractivity contribution in [1.29, 1.82) is 0 Å². The third-order valence-corrected chi connectivity index (χ3v) is 3.51. The number of nitrogens with two attached hydrogens (primary N) is 1. The van der Waals surface area contributed by atoms with Crippen molar-refractivity contribution in [3.05, 3.63) is 29.3 Å². The molecule has 2 rings (SSSR count). The van der Waals surface area contributed by atoms with Gasteiger partial charge < -0.3 is 15.4 Å². The van der Waals surface area contributed by atoms with Gasteiger partial charge in [-0.05, 0) is 11.6 Å². The number of hydrogen-bond acceptors (Lipinski definition) is 4. The van der Waals surface area contributed by atoms with Gasteiger partial charge in [0.25, 0.3) is 0 Å². The van der Waals surface area contributed by atoms with Crippen molar-refractivity contribution in [2.75, 3.05) is 33.8 Å². The summed E-state index contributed by atoms with van der Waals surface area (Å²) in [5.74, 6) is 0.997. The molecule has 1 aliphatic rings. The van der Waals surface area contributed by atoms with E-state index >= 15 is 0 Å². The van der Waals surface area contributed by atoms with E-state index in [9.17, 15) is 4.79 Å². The average molecular weight is 263 g/mol. The predicted octanol–water partition coefficient (Wildman–Crippen LogP) is 0.428. The van der Waals surface area contributed by atoms with Gasteiger partial charge in [0.05, 0.1) is 13.7 Å². The number of carbonyl (C=O) groups is 1. The highest BCUT2D eigenvalue weighted by Crippen LogP contribution is 2.21. The first-order valence-electron chi connectivity index (χ1n) is 6.46. The van der Waals surface area contributed by atoms with Crippen LogP contribution in [-0.4, -0.2) is 49.5 Å². The summed E-state index contributed by atoms with van der Waals surface area (Å²) in [7, 11) is 3.50. The highest BCUT2D eigenvalue weighted by molar-refractivity contribution is 5.78. The minimum atomic E-state index is 0.178. The Kier molecular flexibility index (Phi) is 4.39. The summed E-state index contributed by atoms with van der Waals surface area (Å²) in [4.78, 5) is 15.6. The number of nitrogens with zero attached hydrogens (tertiary/aromatic N) is 2. The highest BCUT2D eigenvalue weighted by Gasteiger charge is 2.20. The predicted molar refractivity (Wildman–Crippen MR) is 73.8 cm³/mol. The van der Waals surface area contributed by atoms with Crippen LogP contribution in [0.4, 0.5) is 0 Å². The van der Waals surface area contributed by atoms with E-state index in [4.69, 9.17) is 10.5 Å². The second kappa shape index (κ2) is 6.04. The lowest BCUT2D eigenvalue weighted by atomic mass is 10.1. The molecule has 1 aliphatic heterocycles. The minimum absolute atomic E-state index is 0.178. The Labute approximate surface area is 113 Å². The minimum Gasteiger partial charge on any atom is -0.496 e. The number of benzene rings is 1. The van der Waals surface area contributed by atoms with Gasteiger partial charge in [-0.1, -0.05) is 12.1 Å². The summed E-state index contributed by atoms with van der Waals surface area (Å²) >= 11 is 0. The summed E-state index contributed by atoms with van der Waals surface area (Å²) in [5, 5.41) is 0. The van der Waals surface area contributed by atoms with Gasteiger partial charge in [0.15, 0.2) is 0 Å². The van der Waals surface area contributed by atoms with Crippen LogP contribution in [0.5, 0.6) is 5.75 Å². The quantitative estimate of drug-likeness (QED) is 0.856. The molecular formula is C14H21N3O2. The molecule has 1 fully saturated rings. The molecule has 0 spiro atoms. The molecule has 0 saturated carbocycles. The Morgan fingerprint density at radius 3 is 2.79 bits per heavy atom. The van der Waals surface area contributed by atoms with Crippen LogP contribution in [0.3, 0.4) is 0 Å². The monoisotopic (exact) mass is 263 g/mol. The van der Waals surface area contributed by atoms with Crippen LogP contribution in [0.1, 0.15) is 11.1 Å². The molecule has 0 aliphatic carbocycles. The molecule has 0 radical (unpaired) electrons. The third kappa shape index (κ3) is 3.24. The Balaban J connectivity index is 2.05. The first kappa shape index (κ1) is 13.8. The molecule has 19 heavy (non-hydrogen) atoms. The van der Waals surface area contributed by atoms with Gasteiger partial charge in [-0.2, -0.15) is 0 Å². The lowest BCUT2D eigenvalue weighted by Gasteiger charge is -2.32. The van der Waals surface area contributed by atoms with Crippen molar-refractivity contribution >= 4 is 5.91 Å². The van der Waals surface area contributed by atoms with Gasteiger partial charge in [-0.3, -0.25) is 9.69 Å². The first-order chi connectivity index (χ1) is 9.13. The van der Waals surface area contributed by atoms with Gasteiger partial charge in [0.1, 0.15) is 5.75 Å². The van der Waals surface area contributed by atoms with Crippen LogP contribution in [0.15, 0.2) is 18.2 Å². The Morgan fingerprint density at radius 1 is 1.37 bits per heavy atom. The second-order valence-electron chi connectivity index (χ2n) is 4.88. The highest BCUT2D eigenvalue weighted by atomic mass is 16.5. The van der Waals surface area contributed by atoms with Crippen molar-refractivity contribution in [2.24, 2.45) is 5.73 Å². The van der Waals surface area contributed by atoms with E-state index < -0.39 is 0 Å². The van der Waals surface area contributed by atoms with Crippen molar-refractivity contribution in [2.45, 2.75) is 13.1 Å². The van der Waals surface area contributed by atoms with E-state index in [1.807, 2.05) is 25.2 Å². The zero-order valence-corrected chi connectivity index (χ0v) is 11.6. The smallest absolute Gasteiger partial charge is 0.236 e. The molecule has 1 aromatic carbocycles. The number of methoxy groups -OCH3 is 1. The van der Waals surface area contributed by atoms with E-state index in [0.29, 0.717) is 13.1 Å². The Hall–Kier alpha value is -1.59. The van der Waals surface area contributed by atoms with E-state index in [-0.39, 0.29) is 5.91 Å². The fourth-order valence-corrected chi connectivity index (χ4v) is 2.26. The van der Waals surface area contributed by atoms with Crippen LogP contribution in [0.2, 0.25) is 0 Å². The number of likely N-dealkylation sites (N-methyl/N-ethyl adjacent to an activating group) is 1. The maximum Gasteiger partial charge on any atom is 0.236 e. The number of piperazine rings is 1. The second-order valence-corrected chi connectivity index (χ2v) is 4.88. The normalized spacial score (nSPS) is 16.8. The molecule has 1 aromatic rings. The first-order valence-corrected chi connectivity index (χ1v) is 6.46. The van der Waals surface area contributed by atoms with E-state index in [1.54, 1.807) is 12.0 Å². The molecule has 2 N–H and O–H groups in total. The molecule has 0 bridgehead atoms. The molecular weight excluding hydrogens is 242 g/mol. The van der Waals surface area contributed by atoms with E-state index in [2.05, 4.69) is 4.90 Å². The summed E-state index contributed by atoms with van der Waals surface area (Å²) in [5.41, 5.74) is 7.80. The molecule has 0 atom stereocenters. The molecule has 5 heteroatoms. The fraction of sp³-hybridized carbons (Fsp3) is 0.500. The maximum atomic E-state index is 11.7. The fourth-order valence-electron chi connectivity index (χ4n) is 2.26. The number of hydrogen-bond donors (Lipinski definition) is 1. The van der Waals surface area contributed by atoms with Crippen LogP contribution >= 0.6 is 0 Å². The number of rotatable bonds is 4. The number of amides is 1. The molecule has 0 unspecified atom stereocenters. The van der Waals surface area contributed by atoms with Crippen molar-refractivity contribution in [1.82, 2.24) is 9.80 Å². The standard InChI is InChI=1S/C14H21N3O2/c1-16-5-6-17(10-14(16)18)9-11-3-4-12(8-15)13(7-11)19-2/h3-4,7H,5-6,8-10,15H2,1-2H3. The summed E-state index contributed by atoms with van der Waals surface area (Å²) in [6, 6.07) is 6.05. The molecule has 5 nitrogen and oxygen atoms in total. The van der Waals surface area contributed by atoms with Gasteiger partial charge in [-0.25, -0.2) is 0 Å². The van der Waals surface area contributed by atoms with Crippen LogP contribution < -0.4 is 10.5 Å². The lowest BCUT2D eigenvalue weighted by Crippen LogP contribution is -2.47. The molecule has 0 aromatic heterocycles. The molecule has 1 saturated heterocycles. The zero-order chi connectivity index (χ0) is 13.8. The summed E-state index contributed by atoms with van der Waals surface area (Å²) in [6.45, 7) is 3.41. The third-order valence-electron chi connectivity index (χ3n) is 3.51. The van der Waals surface area contributed by atoms with Crippen molar-refractivity contribution < 1.29 is 9.53 Å².